The highest BCUT2D eigenvalue weighted by molar-refractivity contribution is 6.03. The first-order chi connectivity index (χ1) is 11.7. The summed E-state index contributed by atoms with van der Waals surface area (Å²) in [6, 6.07) is 4.01. The zero-order chi connectivity index (χ0) is 16.3. The highest BCUT2D eigenvalue weighted by atomic mass is 16.3. The first kappa shape index (κ1) is 13.2. The predicted molar refractivity (Wildman–Crippen MR) is 87.5 cm³/mol. The minimum absolute atomic E-state index is 0.782. The Morgan fingerprint density at radius 2 is 1.96 bits per heavy atom. The molecule has 0 amide bonds. The van der Waals surface area contributed by atoms with Gasteiger partial charge in [0.1, 0.15) is 17.4 Å². The summed E-state index contributed by atoms with van der Waals surface area (Å²) in [6.07, 6.45) is 14.3. The number of rotatable bonds is 2. The minimum Gasteiger partial charge on any atom is -0.470 e. The number of hydrogen-bond acceptors (Lipinski definition) is 3. The molecule has 0 aliphatic rings. The van der Waals surface area contributed by atoms with Crippen LogP contribution in [-0.2, 0) is 14.1 Å². The molecule has 0 saturated heterocycles. The first-order valence-electron chi connectivity index (χ1n) is 7.56. The third-order valence-corrected chi connectivity index (χ3v) is 4.19. The van der Waals surface area contributed by atoms with Crippen molar-refractivity contribution in [2.75, 3.05) is 0 Å². The lowest BCUT2D eigenvalue weighted by molar-refractivity contribution is -0.674. The van der Waals surface area contributed by atoms with Crippen LogP contribution in [0, 0.1) is 6.33 Å². The highest BCUT2D eigenvalue weighted by Crippen LogP contribution is 2.35. The zero-order valence-electron chi connectivity index (χ0n) is 13.2. The molecule has 0 fully saturated rings. The molecule has 0 atom stereocenters. The molecule has 6 heteroatoms. The number of aromatic nitrogens is 4. The summed E-state index contributed by atoms with van der Waals surface area (Å²) in [5, 5.41) is 2.02. The normalized spacial score (nSPS) is 11.8. The molecule has 0 N–H and O–H groups in total. The molecule has 0 saturated carbocycles. The second-order valence-electron chi connectivity index (χ2n) is 5.92. The van der Waals surface area contributed by atoms with Gasteiger partial charge in [0.25, 0.3) is 0 Å². The Labute approximate surface area is 137 Å². The van der Waals surface area contributed by atoms with E-state index in [1.165, 1.54) is 0 Å². The van der Waals surface area contributed by atoms with Crippen LogP contribution < -0.4 is 4.57 Å². The molecular formula is C18H14N4O2. The smallest absolute Gasteiger partial charge is 0.243 e. The molecule has 1 aromatic carbocycles. The Hall–Kier alpha value is -3.28. The van der Waals surface area contributed by atoms with E-state index < -0.39 is 0 Å². The van der Waals surface area contributed by atoms with Gasteiger partial charge in [0.05, 0.1) is 31.0 Å². The molecule has 0 unspecified atom stereocenters. The number of furan rings is 2. The molecule has 4 aromatic heterocycles. The van der Waals surface area contributed by atoms with Gasteiger partial charge in [0.2, 0.25) is 6.33 Å². The fourth-order valence-electron chi connectivity index (χ4n) is 3.01. The van der Waals surface area contributed by atoms with E-state index >= 15 is 0 Å². The Morgan fingerprint density at radius 1 is 1.12 bits per heavy atom. The van der Waals surface area contributed by atoms with E-state index in [1.54, 1.807) is 18.9 Å². The van der Waals surface area contributed by atoms with E-state index in [1.807, 2.05) is 52.5 Å². The zero-order valence-corrected chi connectivity index (χ0v) is 13.2. The van der Waals surface area contributed by atoms with Crippen molar-refractivity contribution in [3.63, 3.8) is 0 Å². The summed E-state index contributed by atoms with van der Waals surface area (Å²) < 4.78 is 17.1. The molecule has 4 heterocycles. The molecule has 5 aromatic rings. The summed E-state index contributed by atoms with van der Waals surface area (Å²) in [5.74, 6) is 0. The fraction of sp³-hybridized carbons (Fsp3) is 0.111. The van der Waals surface area contributed by atoms with Crippen LogP contribution in [0.3, 0.4) is 0 Å². The van der Waals surface area contributed by atoms with Gasteiger partial charge in [-0.25, -0.2) is 4.98 Å². The van der Waals surface area contributed by atoms with Gasteiger partial charge < -0.3 is 22.5 Å². The quantitative estimate of drug-likeness (QED) is 0.371. The van der Waals surface area contributed by atoms with Crippen LogP contribution in [0.1, 0.15) is 0 Å². The van der Waals surface area contributed by atoms with E-state index in [2.05, 4.69) is 17.4 Å². The third kappa shape index (κ3) is 1.83. The molecular weight excluding hydrogens is 304 g/mol. The van der Waals surface area contributed by atoms with Crippen molar-refractivity contribution in [3.8, 4) is 16.9 Å². The number of aryl methyl sites for hydroxylation is 2. The van der Waals surface area contributed by atoms with Gasteiger partial charge in [-0.05, 0) is 6.07 Å². The van der Waals surface area contributed by atoms with E-state index in [9.17, 15) is 0 Å². The Morgan fingerprint density at radius 3 is 2.71 bits per heavy atom. The molecule has 0 aliphatic carbocycles. The lowest BCUT2D eigenvalue weighted by Crippen LogP contribution is -2.24. The average Bonchev–Trinajstić information content (AvgIpc) is 3.31. The third-order valence-electron chi connectivity index (χ3n) is 4.19. The second-order valence-corrected chi connectivity index (χ2v) is 5.92. The van der Waals surface area contributed by atoms with E-state index in [-0.39, 0.29) is 0 Å². The number of fused-ring (bicyclic) bond motifs is 2. The standard InChI is InChI=1S/C18H14N4O2/c1-20-3-4-22(11-20)16-9-24-18-6-17-12(5-13(16)18)14(8-23-17)15-7-21(2)10-19-15/h3-10H,1-2H3. The Bertz CT molecular complexity index is 1100. The first-order valence-corrected chi connectivity index (χ1v) is 7.56. The SMILES string of the molecule is Cn1cnc(-c2coc3cc4occ(-n5[c-][n+](C)cc5)c4cc23)c1. The lowest BCUT2D eigenvalue weighted by Gasteiger charge is -1.99. The van der Waals surface area contributed by atoms with Crippen LogP contribution in [0.15, 0.2) is 58.4 Å². The van der Waals surface area contributed by atoms with Gasteiger partial charge >= 0.3 is 0 Å². The van der Waals surface area contributed by atoms with E-state index in [4.69, 9.17) is 8.83 Å². The van der Waals surface area contributed by atoms with Crippen LogP contribution >= 0.6 is 0 Å². The molecule has 0 radical (unpaired) electrons. The number of imidazole rings is 2. The molecule has 24 heavy (non-hydrogen) atoms. The van der Waals surface area contributed by atoms with Crippen molar-refractivity contribution in [1.29, 1.82) is 0 Å². The summed E-state index contributed by atoms with van der Waals surface area (Å²) in [7, 11) is 3.89. The second kappa shape index (κ2) is 4.61. The van der Waals surface area contributed by atoms with E-state index in [0.717, 1.165) is 38.9 Å². The highest BCUT2D eigenvalue weighted by Gasteiger charge is 2.15. The monoisotopic (exact) mass is 318 g/mol. The largest absolute Gasteiger partial charge is 0.470 e. The fourth-order valence-corrected chi connectivity index (χ4v) is 3.01. The van der Waals surface area contributed by atoms with Gasteiger partial charge in [0, 0.05) is 48.0 Å². The summed E-state index contributed by atoms with van der Waals surface area (Å²) in [4.78, 5) is 4.42. The summed E-state index contributed by atoms with van der Waals surface area (Å²) in [5.41, 5.74) is 4.37. The Kier molecular flexibility index (Phi) is 2.53. The van der Waals surface area contributed by atoms with Gasteiger partial charge in [-0.2, -0.15) is 0 Å². The maximum atomic E-state index is 5.71. The average molecular weight is 318 g/mol. The predicted octanol–water partition coefficient (Wildman–Crippen LogP) is 2.99. The van der Waals surface area contributed by atoms with Crippen molar-refractivity contribution in [2.24, 2.45) is 14.1 Å². The van der Waals surface area contributed by atoms with Crippen LogP contribution in [-0.4, -0.2) is 14.1 Å². The summed E-state index contributed by atoms with van der Waals surface area (Å²) >= 11 is 0. The van der Waals surface area contributed by atoms with Gasteiger partial charge in [-0.15, -0.1) is 0 Å². The van der Waals surface area contributed by atoms with Crippen molar-refractivity contribution in [2.45, 2.75) is 0 Å². The van der Waals surface area contributed by atoms with Gasteiger partial charge in [-0.3, -0.25) is 0 Å². The van der Waals surface area contributed by atoms with Gasteiger partial charge in [0.15, 0.2) is 0 Å². The van der Waals surface area contributed by atoms with E-state index in [0.29, 0.717) is 0 Å². The van der Waals surface area contributed by atoms with Crippen LogP contribution in [0.25, 0.3) is 38.9 Å². The molecule has 5 rings (SSSR count). The molecule has 6 nitrogen and oxygen atoms in total. The topological polar surface area (TPSA) is 52.9 Å². The number of nitrogens with zero attached hydrogens (tertiary/aromatic N) is 4. The maximum absolute atomic E-state index is 5.71. The Balaban J connectivity index is 1.78. The minimum atomic E-state index is 0.782. The molecule has 0 aliphatic heterocycles. The van der Waals surface area contributed by atoms with Crippen molar-refractivity contribution < 1.29 is 13.4 Å². The molecule has 0 bridgehead atoms. The summed E-state index contributed by atoms with van der Waals surface area (Å²) in [6.45, 7) is 0. The molecule has 0 spiro atoms. The van der Waals surface area contributed by atoms with Crippen molar-refractivity contribution in [1.82, 2.24) is 14.1 Å². The van der Waals surface area contributed by atoms with Crippen molar-refractivity contribution in [3.05, 3.63) is 55.9 Å². The molecule has 118 valence electrons. The van der Waals surface area contributed by atoms with Crippen LogP contribution in [0.5, 0.6) is 0 Å². The van der Waals surface area contributed by atoms with Crippen LogP contribution in [0.2, 0.25) is 0 Å². The number of benzene rings is 1. The van der Waals surface area contributed by atoms with Crippen molar-refractivity contribution >= 4 is 21.9 Å². The van der Waals surface area contributed by atoms with Gasteiger partial charge in [-0.1, -0.05) is 0 Å². The number of hydrogen-bond donors (Lipinski definition) is 0. The maximum Gasteiger partial charge on any atom is 0.243 e. The van der Waals surface area contributed by atoms with Crippen LogP contribution in [0.4, 0.5) is 0 Å². The lowest BCUT2D eigenvalue weighted by atomic mass is 10.1.